The Morgan fingerprint density at radius 1 is 1.12 bits per heavy atom. The third-order valence-electron chi connectivity index (χ3n) is 3.09. The number of benzene rings is 2. The molecule has 2 rings (SSSR count). The Kier molecular flexibility index (Phi) is 9.21. The fourth-order valence-corrected chi connectivity index (χ4v) is 3.28. The Hall–Kier alpha value is -0.820. The van der Waals surface area contributed by atoms with Gasteiger partial charge in [0.15, 0.2) is 0 Å². The first-order chi connectivity index (χ1) is 11.4. The number of hydrogen-bond donors (Lipinski definition) is 1. The zero-order valence-electron chi connectivity index (χ0n) is 14.0. The van der Waals surface area contributed by atoms with Crippen LogP contribution in [0.3, 0.4) is 0 Å². The average Bonchev–Trinajstić information content (AvgIpc) is 2.54. The Balaban J connectivity index is 0.00000312. The van der Waals surface area contributed by atoms with Gasteiger partial charge in [0.1, 0.15) is 11.5 Å². The van der Waals surface area contributed by atoms with Crippen LogP contribution >= 0.6 is 35.0 Å². The van der Waals surface area contributed by atoms with Crippen LogP contribution in [-0.2, 0) is 0 Å². The molecule has 0 heterocycles. The van der Waals surface area contributed by atoms with Gasteiger partial charge < -0.3 is 15.2 Å². The first-order valence-electron chi connectivity index (χ1n) is 6.81. The van der Waals surface area contributed by atoms with Crippen molar-refractivity contribution in [2.45, 2.75) is 4.90 Å². The third-order valence-corrected chi connectivity index (χ3v) is 4.51. The second kappa shape index (κ2) is 10.4. The first-order valence-corrected chi connectivity index (χ1v) is 8.39. The molecular weight excluding hydrogens is 390 g/mol. The van der Waals surface area contributed by atoms with Gasteiger partial charge in [-0.05, 0) is 42.0 Å². The van der Waals surface area contributed by atoms with Crippen molar-refractivity contribution in [1.82, 2.24) is 0 Å². The minimum Gasteiger partial charge on any atom is -0.698 e. The van der Waals surface area contributed by atoms with E-state index in [1.54, 1.807) is 50.6 Å². The monoisotopic (exact) mass is 404 g/mol. The van der Waals surface area contributed by atoms with E-state index >= 15 is 0 Å². The zero-order valence-corrected chi connectivity index (χ0v) is 18.4. The average molecular weight is 405 g/mol. The fourth-order valence-electron chi connectivity index (χ4n) is 1.93. The van der Waals surface area contributed by atoms with Gasteiger partial charge in [-0.2, -0.15) is 0 Å². The van der Waals surface area contributed by atoms with E-state index in [0.29, 0.717) is 27.1 Å². The third kappa shape index (κ3) is 6.13. The predicted molar refractivity (Wildman–Crippen MR) is 102 cm³/mol. The Morgan fingerprint density at radius 2 is 1.84 bits per heavy atom. The van der Waals surface area contributed by atoms with Crippen molar-refractivity contribution in [2.24, 2.45) is 0 Å². The molecule has 0 atom stereocenters. The molecule has 0 aliphatic carbocycles. The van der Waals surface area contributed by atoms with Crippen LogP contribution in [-0.4, -0.2) is 19.3 Å². The summed E-state index contributed by atoms with van der Waals surface area (Å²) in [6.45, 7) is 0. The van der Waals surface area contributed by atoms with E-state index in [4.69, 9.17) is 43.8 Å². The summed E-state index contributed by atoms with van der Waals surface area (Å²) in [5, 5.41) is 9.17. The number of nitrogens with one attached hydrogen (secondary N) is 2. The van der Waals surface area contributed by atoms with Crippen molar-refractivity contribution < 1.29 is 39.0 Å². The fraction of sp³-hybridized carbons (Fsp3) is 0.118. The van der Waals surface area contributed by atoms with E-state index in [1.807, 2.05) is 0 Å². The molecular formula is C17H15Cl2N2NaO2S. The summed E-state index contributed by atoms with van der Waals surface area (Å²) >= 11 is 13.1. The molecule has 126 valence electrons. The first kappa shape index (κ1) is 22.2. The molecule has 2 N–H and O–H groups in total. The normalized spacial score (nSPS) is 10.8. The van der Waals surface area contributed by atoms with Crippen LogP contribution in [0.4, 0.5) is 0 Å². The minimum absolute atomic E-state index is 0. The van der Waals surface area contributed by atoms with Crippen LogP contribution in [0.2, 0.25) is 10.0 Å². The maximum Gasteiger partial charge on any atom is 1.00 e. The molecule has 0 saturated carbocycles. The van der Waals surface area contributed by atoms with Gasteiger partial charge in [-0.15, -0.1) is 5.70 Å². The van der Waals surface area contributed by atoms with E-state index in [2.05, 4.69) is 0 Å². The number of halogens is 2. The van der Waals surface area contributed by atoms with Gasteiger partial charge in [-0.25, -0.2) is 0 Å². The van der Waals surface area contributed by atoms with Gasteiger partial charge in [0.05, 0.1) is 24.2 Å². The van der Waals surface area contributed by atoms with Crippen molar-refractivity contribution in [1.29, 1.82) is 5.41 Å². The molecule has 8 heteroatoms. The number of ether oxygens (including phenoxy) is 2. The number of thioether (sulfide) groups is 1. The second-order valence-electron chi connectivity index (χ2n) is 4.67. The van der Waals surface area contributed by atoms with Crippen molar-refractivity contribution in [2.75, 3.05) is 14.2 Å². The molecule has 0 unspecified atom stereocenters. The maximum absolute atomic E-state index is 8.12. The van der Waals surface area contributed by atoms with Gasteiger partial charge in [0.2, 0.25) is 0 Å². The standard InChI is InChI=1S/C17H15Cl2N2O2S.Na/c1-22-11-4-6-15(23-2)16(8-11)24-17(21)9-14(20)12-5-3-10(18)7-13(12)19;/h3-9,20-21H,1-2H3;/q-1;+1/b14-9-,21-17?;. The molecule has 0 aliphatic rings. The largest absolute Gasteiger partial charge is 1.00 e. The van der Waals surface area contributed by atoms with E-state index in [1.165, 1.54) is 17.8 Å². The van der Waals surface area contributed by atoms with Crippen molar-refractivity contribution >= 4 is 45.7 Å². The van der Waals surface area contributed by atoms with E-state index in [-0.39, 0.29) is 40.3 Å². The van der Waals surface area contributed by atoms with Crippen LogP contribution in [0.15, 0.2) is 47.4 Å². The quantitative estimate of drug-likeness (QED) is 0.360. The van der Waals surface area contributed by atoms with Gasteiger partial charge >= 0.3 is 29.6 Å². The topological polar surface area (TPSA) is 66.1 Å². The molecule has 0 spiro atoms. The molecule has 4 nitrogen and oxygen atoms in total. The van der Waals surface area contributed by atoms with Gasteiger partial charge in [-0.3, -0.25) is 5.41 Å². The SMILES string of the molecule is COc1ccc(OC)c(SC(=N)/C=C(\[NH-])c2ccc(Cl)cc2Cl)c1.[Na+]. The molecule has 2 aromatic carbocycles. The van der Waals surface area contributed by atoms with Crippen LogP contribution in [0.1, 0.15) is 5.56 Å². The summed E-state index contributed by atoms with van der Waals surface area (Å²) in [7, 11) is 3.14. The molecule has 0 aliphatic heterocycles. The Labute approximate surface area is 183 Å². The smallest absolute Gasteiger partial charge is 0.698 e. The molecule has 0 radical (unpaired) electrons. The summed E-state index contributed by atoms with van der Waals surface area (Å²) in [5.41, 5.74) is 8.77. The maximum atomic E-state index is 8.12. The Bertz CT molecular complexity index is 800. The Morgan fingerprint density at radius 3 is 2.44 bits per heavy atom. The van der Waals surface area contributed by atoms with Crippen molar-refractivity contribution in [3.8, 4) is 11.5 Å². The summed E-state index contributed by atoms with van der Waals surface area (Å²) < 4.78 is 10.5. The predicted octanol–water partition coefficient (Wildman–Crippen LogP) is 3.18. The molecule has 0 bridgehead atoms. The van der Waals surface area contributed by atoms with Crippen LogP contribution in [0.5, 0.6) is 11.5 Å². The number of methoxy groups -OCH3 is 2. The van der Waals surface area contributed by atoms with Gasteiger partial charge in [-0.1, -0.05) is 41.0 Å². The zero-order chi connectivity index (χ0) is 17.7. The van der Waals surface area contributed by atoms with E-state index in [9.17, 15) is 0 Å². The number of rotatable bonds is 5. The van der Waals surface area contributed by atoms with Crippen molar-refractivity contribution in [3.05, 3.63) is 63.8 Å². The molecule has 25 heavy (non-hydrogen) atoms. The van der Waals surface area contributed by atoms with E-state index < -0.39 is 0 Å². The summed E-state index contributed by atoms with van der Waals surface area (Å²) in [6, 6.07) is 10.2. The van der Waals surface area contributed by atoms with Crippen LogP contribution < -0.4 is 39.0 Å². The molecule has 2 aromatic rings. The van der Waals surface area contributed by atoms with Crippen molar-refractivity contribution in [3.63, 3.8) is 0 Å². The summed E-state index contributed by atoms with van der Waals surface area (Å²) in [6.07, 6.45) is 1.43. The molecule has 0 saturated heterocycles. The van der Waals surface area contributed by atoms with Gasteiger partial charge in [0, 0.05) is 10.0 Å². The van der Waals surface area contributed by atoms with E-state index in [0.717, 1.165) is 4.90 Å². The summed E-state index contributed by atoms with van der Waals surface area (Å²) in [5.74, 6) is 1.30. The van der Waals surface area contributed by atoms with Crippen LogP contribution in [0, 0.1) is 5.41 Å². The molecule has 0 fully saturated rings. The second-order valence-corrected chi connectivity index (χ2v) is 6.59. The number of hydrogen-bond acceptors (Lipinski definition) is 4. The van der Waals surface area contributed by atoms with Gasteiger partial charge in [0.25, 0.3) is 0 Å². The molecule has 0 amide bonds. The van der Waals surface area contributed by atoms with Crippen LogP contribution in [0.25, 0.3) is 11.4 Å². The minimum atomic E-state index is 0. The summed E-state index contributed by atoms with van der Waals surface area (Å²) in [4.78, 5) is 0.730. The molecule has 0 aromatic heterocycles.